The summed E-state index contributed by atoms with van der Waals surface area (Å²) < 4.78 is 0. The van der Waals surface area contributed by atoms with Crippen molar-refractivity contribution in [3.63, 3.8) is 0 Å². The Kier molecular flexibility index (Phi) is 7.31. The molecular formula is C14H20N4O2S. The van der Waals surface area contributed by atoms with Crippen LogP contribution in [0, 0.1) is 10.1 Å². The monoisotopic (exact) mass is 308 g/mol. The lowest BCUT2D eigenvalue weighted by Crippen LogP contribution is -2.33. The number of rotatable bonds is 7. The number of nitrogens with zero attached hydrogens (tertiary/aromatic N) is 2. The SMILES string of the molecule is CCCCCNC(=S)N/N=C(/C)c1cccc([N+](=O)[O-])c1. The molecule has 7 heteroatoms. The zero-order chi connectivity index (χ0) is 15.7. The Morgan fingerprint density at radius 3 is 2.86 bits per heavy atom. The van der Waals surface area contributed by atoms with Crippen molar-refractivity contribution in [1.29, 1.82) is 0 Å². The molecule has 21 heavy (non-hydrogen) atoms. The summed E-state index contributed by atoms with van der Waals surface area (Å²) in [5, 5.41) is 18.4. The molecule has 1 rings (SSSR count). The van der Waals surface area contributed by atoms with Gasteiger partial charge in [-0.1, -0.05) is 31.9 Å². The van der Waals surface area contributed by atoms with Crippen LogP contribution in [-0.2, 0) is 0 Å². The summed E-state index contributed by atoms with van der Waals surface area (Å²) in [4.78, 5) is 10.3. The van der Waals surface area contributed by atoms with E-state index in [9.17, 15) is 10.1 Å². The lowest BCUT2D eigenvalue weighted by atomic mass is 10.1. The lowest BCUT2D eigenvalue weighted by molar-refractivity contribution is -0.384. The molecule has 0 bridgehead atoms. The summed E-state index contributed by atoms with van der Waals surface area (Å²) in [5.74, 6) is 0. The standard InChI is InChI=1S/C14H20N4O2S/c1-3-4-5-9-15-14(21)17-16-11(2)12-7-6-8-13(10-12)18(19)20/h6-8,10H,3-5,9H2,1-2H3,(H2,15,17,21)/b16-11-. The molecule has 1 aromatic rings. The van der Waals surface area contributed by atoms with Crippen LogP contribution in [0.25, 0.3) is 0 Å². The van der Waals surface area contributed by atoms with Gasteiger partial charge in [-0.2, -0.15) is 5.10 Å². The van der Waals surface area contributed by atoms with Gasteiger partial charge in [0.05, 0.1) is 10.6 Å². The van der Waals surface area contributed by atoms with Crippen LogP contribution in [-0.4, -0.2) is 22.3 Å². The highest BCUT2D eigenvalue weighted by Crippen LogP contribution is 2.13. The Balaban J connectivity index is 2.54. The van der Waals surface area contributed by atoms with Crippen molar-refractivity contribution in [3.8, 4) is 0 Å². The van der Waals surface area contributed by atoms with Gasteiger partial charge in [-0.15, -0.1) is 0 Å². The van der Waals surface area contributed by atoms with Crippen molar-refractivity contribution in [2.75, 3.05) is 6.54 Å². The predicted octanol–water partition coefficient (Wildman–Crippen LogP) is 2.97. The fourth-order valence-electron chi connectivity index (χ4n) is 1.66. The molecule has 0 amide bonds. The number of nitro groups is 1. The summed E-state index contributed by atoms with van der Waals surface area (Å²) in [6.45, 7) is 4.72. The highest BCUT2D eigenvalue weighted by Gasteiger charge is 2.07. The number of benzene rings is 1. The number of nitrogens with one attached hydrogen (secondary N) is 2. The number of unbranched alkanes of at least 4 members (excludes halogenated alkanes) is 2. The van der Waals surface area contributed by atoms with Gasteiger partial charge in [0.25, 0.3) is 5.69 Å². The Hall–Kier alpha value is -2.02. The van der Waals surface area contributed by atoms with Gasteiger partial charge in [-0.05, 0) is 25.6 Å². The second kappa shape index (κ2) is 9.02. The first kappa shape index (κ1) is 17.0. The quantitative estimate of drug-likeness (QED) is 0.266. The van der Waals surface area contributed by atoms with Gasteiger partial charge in [0.2, 0.25) is 0 Å². The zero-order valence-corrected chi connectivity index (χ0v) is 13.1. The van der Waals surface area contributed by atoms with E-state index in [-0.39, 0.29) is 5.69 Å². The summed E-state index contributed by atoms with van der Waals surface area (Å²) in [7, 11) is 0. The highest BCUT2D eigenvalue weighted by molar-refractivity contribution is 7.80. The molecule has 0 unspecified atom stereocenters. The summed E-state index contributed by atoms with van der Waals surface area (Å²) in [6.07, 6.45) is 3.38. The van der Waals surface area contributed by atoms with Gasteiger partial charge in [0.1, 0.15) is 0 Å². The van der Waals surface area contributed by atoms with Gasteiger partial charge in [-0.3, -0.25) is 15.5 Å². The number of hydrogen-bond acceptors (Lipinski definition) is 4. The normalized spacial score (nSPS) is 11.0. The van der Waals surface area contributed by atoms with Crippen LogP contribution in [0.3, 0.4) is 0 Å². The van der Waals surface area contributed by atoms with Crippen molar-refractivity contribution in [3.05, 3.63) is 39.9 Å². The van der Waals surface area contributed by atoms with Crippen LogP contribution in [0.5, 0.6) is 0 Å². The number of thiocarbonyl (C=S) groups is 1. The fourth-order valence-corrected chi connectivity index (χ4v) is 1.81. The third-order valence-electron chi connectivity index (χ3n) is 2.87. The molecule has 0 fully saturated rings. The van der Waals surface area contributed by atoms with E-state index >= 15 is 0 Å². The fraction of sp³-hybridized carbons (Fsp3) is 0.429. The number of non-ortho nitro benzene ring substituents is 1. The summed E-state index contributed by atoms with van der Waals surface area (Å²) in [5.41, 5.74) is 4.11. The predicted molar refractivity (Wildman–Crippen MR) is 88.6 cm³/mol. The van der Waals surface area contributed by atoms with Gasteiger partial charge < -0.3 is 5.32 Å². The maximum absolute atomic E-state index is 10.7. The Labute approximate surface area is 129 Å². The number of nitro benzene ring substituents is 1. The van der Waals surface area contributed by atoms with E-state index in [1.165, 1.54) is 12.1 Å². The largest absolute Gasteiger partial charge is 0.361 e. The van der Waals surface area contributed by atoms with E-state index < -0.39 is 4.92 Å². The Morgan fingerprint density at radius 1 is 1.43 bits per heavy atom. The van der Waals surface area contributed by atoms with Crippen LogP contribution >= 0.6 is 12.2 Å². The molecule has 0 saturated heterocycles. The molecule has 0 aliphatic rings. The summed E-state index contributed by atoms with van der Waals surface area (Å²) in [6, 6.07) is 6.33. The van der Waals surface area contributed by atoms with Crippen LogP contribution in [0.15, 0.2) is 29.4 Å². The topological polar surface area (TPSA) is 79.6 Å². The van der Waals surface area contributed by atoms with E-state index in [0.29, 0.717) is 16.4 Å². The van der Waals surface area contributed by atoms with Gasteiger partial charge in [0, 0.05) is 24.2 Å². The molecule has 0 aromatic heterocycles. The maximum Gasteiger partial charge on any atom is 0.270 e. The average molecular weight is 308 g/mol. The van der Waals surface area contributed by atoms with Crippen molar-refractivity contribution < 1.29 is 4.92 Å². The third kappa shape index (κ3) is 6.31. The van der Waals surface area contributed by atoms with E-state index in [1.54, 1.807) is 19.1 Å². The minimum absolute atomic E-state index is 0.0438. The molecule has 0 radical (unpaired) electrons. The molecular weight excluding hydrogens is 288 g/mol. The molecule has 0 aliphatic carbocycles. The van der Waals surface area contributed by atoms with Crippen molar-refractivity contribution in [2.45, 2.75) is 33.1 Å². The van der Waals surface area contributed by atoms with Crippen LogP contribution in [0.4, 0.5) is 5.69 Å². The minimum atomic E-state index is -0.426. The van der Waals surface area contributed by atoms with Gasteiger partial charge in [0.15, 0.2) is 5.11 Å². The van der Waals surface area contributed by atoms with Crippen molar-refractivity contribution in [1.82, 2.24) is 10.7 Å². The van der Waals surface area contributed by atoms with E-state index in [1.807, 2.05) is 0 Å². The minimum Gasteiger partial charge on any atom is -0.361 e. The second-order valence-electron chi connectivity index (χ2n) is 4.58. The highest BCUT2D eigenvalue weighted by atomic mass is 32.1. The molecule has 2 N–H and O–H groups in total. The van der Waals surface area contributed by atoms with E-state index in [0.717, 1.165) is 25.8 Å². The second-order valence-corrected chi connectivity index (χ2v) is 4.99. The molecule has 6 nitrogen and oxygen atoms in total. The lowest BCUT2D eigenvalue weighted by Gasteiger charge is -2.07. The molecule has 0 heterocycles. The number of hydrazone groups is 1. The van der Waals surface area contributed by atoms with Crippen LogP contribution < -0.4 is 10.7 Å². The zero-order valence-electron chi connectivity index (χ0n) is 12.3. The van der Waals surface area contributed by atoms with Gasteiger partial charge >= 0.3 is 0 Å². The van der Waals surface area contributed by atoms with Crippen molar-refractivity contribution in [2.24, 2.45) is 5.10 Å². The molecule has 1 aromatic carbocycles. The Bertz CT molecular complexity index is 531. The first-order valence-electron chi connectivity index (χ1n) is 6.87. The number of hydrogen-bond donors (Lipinski definition) is 2. The molecule has 114 valence electrons. The van der Waals surface area contributed by atoms with E-state index in [2.05, 4.69) is 22.8 Å². The average Bonchev–Trinajstić information content (AvgIpc) is 2.49. The van der Waals surface area contributed by atoms with E-state index in [4.69, 9.17) is 12.2 Å². The first-order valence-corrected chi connectivity index (χ1v) is 7.28. The maximum atomic E-state index is 10.7. The van der Waals surface area contributed by atoms with Crippen molar-refractivity contribution >= 4 is 28.7 Å². The van der Waals surface area contributed by atoms with Crippen LogP contribution in [0.2, 0.25) is 0 Å². The van der Waals surface area contributed by atoms with Crippen LogP contribution in [0.1, 0.15) is 38.7 Å². The Morgan fingerprint density at radius 2 is 2.19 bits per heavy atom. The molecule has 0 aliphatic heterocycles. The summed E-state index contributed by atoms with van der Waals surface area (Å²) >= 11 is 5.10. The molecule has 0 atom stereocenters. The smallest absolute Gasteiger partial charge is 0.270 e. The molecule has 0 spiro atoms. The first-order chi connectivity index (χ1) is 10.0. The third-order valence-corrected chi connectivity index (χ3v) is 3.10. The molecule has 0 saturated carbocycles. The van der Waals surface area contributed by atoms with Gasteiger partial charge in [-0.25, -0.2) is 0 Å².